The number of aliphatic hydroxyl groups excluding tert-OH is 1. The van der Waals surface area contributed by atoms with Gasteiger partial charge in [-0.15, -0.1) is 0 Å². The molecular weight excluding hydrogens is 472 g/mol. The van der Waals surface area contributed by atoms with Gasteiger partial charge in [-0.25, -0.2) is 18.7 Å². The number of rotatable bonds is 8. The number of aliphatic hydroxyl groups is 1. The lowest BCUT2D eigenvalue weighted by molar-refractivity contribution is -0.203. The van der Waals surface area contributed by atoms with Gasteiger partial charge in [-0.3, -0.25) is 4.79 Å². The average Bonchev–Trinajstić information content (AvgIpc) is 2.89. The Morgan fingerprint density at radius 3 is 2.49 bits per heavy atom. The summed E-state index contributed by atoms with van der Waals surface area (Å²) in [6.45, 7) is 3.09. The SMILES string of the molecule is Cc1ccc(OC2CCN(S(=O)(=O)c3ccccc3C(O)C(=O)NOC3CCCCO3)CC2)cc1. The van der Waals surface area contributed by atoms with Gasteiger partial charge in [0, 0.05) is 31.7 Å². The van der Waals surface area contributed by atoms with Crippen molar-refractivity contribution in [1.82, 2.24) is 9.79 Å². The Morgan fingerprint density at radius 2 is 1.80 bits per heavy atom. The maximum atomic E-state index is 13.4. The molecule has 9 nitrogen and oxygen atoms in total. The van der Waals surface area contributed by atoms with Crippen LogP contribution >= 0.6 is 0 Å². The second kappa shape index (κ2) is 11.5. The van der Waals surface area contributed by atoms with E-state index < -0.39 is 28.3 Å². The summed E-state index contributed by atoms with van der Waals surface area (Å²) in [6.07, 6.45) is 1.16. The predicted octanol–water partition coefficient (Wildman–Crippen LogP) is 2.83. The molecule has 35 heavy (non-hydrogen) atoms. The lowest BCUT2D eigenvalue weighted by atomic mass is 10.1. The molecule has 0 aliphatic carbocycles. The van der Waals surface area contributed by atoms with Crippen LogP contribution in [0.4, 0.5) is 0 Å². The third-order valence-electron chi connectivity index (χ3n) is 6.23. The van der Waals surface area contributed by atoms with Gasteiger partial charge in [-0.05, 0) is 50.8 Å². The molecule has 2 heterocycles. The minimum Gasteiger partial charge on any atom is -0.490 e. The zero-order valence-corrected chi connectivity index (χ0v) is 20.6. The van der Waals surface area contributed by atoms with Crippen LogP contribution in [0, 0.1) is 6.92 Å². The third-order valence-corrected chi connectivity index (χ3v) is 8.21. The highest BCUT2D eigenvalue weighted by molar-refractivity contribution is 7.89. The summed E-state index contributed by atoms with van der Waals surface area (Å²) < 4.78 is 39.6. The molecule has 2 aliphatic rings. The molecule has 2 fully saturated rings. The number of hydroxylamine groups is 1. The van der Waals surface area contributed by atoms with Crippen LogP contribution in [0.5, 0.6) is 5.75 Å². The van der Waals surface area contributed by atoms with Crippen molar-refractivity contribution in [3.05, 3.63) is 59.7 Å². The summed E-state index contributed by atoms with van der Waals surface area (Å²) in [6, 6.07) is 13.7. The van der Waals surface area contributed by atoms with Crippen LogP contribution in [0.1, 0.15) is 49.3 Å². The quantitative estimate of drug-likeness (QED) is 0.532. The van der Waals surface area contributed by atoms with E-state index in [2.05, 4.69) is 5.48 Å². The van der Waals surface area contributed by atoms with Gasteiger partial charge in [0.2, 0.25) is 10.0 Å². The summed E-state index contributed by atoms with van der Waals surface area (Å²) >= 11 is 0. The highest BCUT2D eigenvalue weighted by atomic mass is 32.2. The summed E-state index contributed by atoms with van der Waals surface area (Å²) in [7, 11) is -3.94. The van der Waals surface area contributed by atoms with E-state index in [0.29, 0.717) is 25.9 Å². The molecule has 2 N–H and O–H groups in total. The number of hydrogen-bond acceptors (Lipinski definition) is 7. The first kappa shape index (κ1) is 25.6. The number of piperidine rings is 1. The van der Waals surface area contributed by atoms with Crippen LogP contribution in [0.25, 0.3) is 0 Å². The van der Waals surface area contributed by atoms with E-state index in [0.717, 1.165) is 24.2 Å². The van der Waals surface area contributed by atoms with E-state index in [1.54, 1.807) is 12.1 Å². The number of ether oxygens (including phenoxy) is 2. The lowest BCUT2D eigenvalue weighted by Gasteiger charge is -2.32. The summed E-state index contributed by atoms with van der Waals surface area (Å²) in [5.74, 6) is -0.0933. The lowest BCUT2D eigenvalue weighted by Crippen LogP contribution is -2.42. The molecular formula is C25H32N2O7S. The Labute approximate surface area is 206 Å². The molecule has 2 aromatic carbocycles. The Balaban J connectivity index is 1.39. The summed E-state index contributed by atoms with van der Waals surface area (Å²) in [5.41, 5.74) is 3.34. The Bertz CT molecular complexity index is 1090. The molecule has 0 aromatic heterocycles. The minimum absolute atomic E-state index is 0.00353. The molecule has 2 aliphatic heterocycles. The number of nitrogens with one attached hydrogen (secondary N) is 1. The van der Waals surface area contributed by atoms with Gasteiger partial charge < -0.3 is 14.6 Å². The van der Waals surface area contributed by atoms with Crippen molar-refractivity contribution < 1.29 is 32.6 Å². The fourth-order valence-electron chi connectivity index (χ4n) is 4.21. The Hall–Kier alpha value is -2.50. The van der Waals surface area contributed by atoms with Crippen LogP contribution in [0.15, 0.2) is 53.4 Å². The molecule has 0 spiro atoms. The molecule has 10 heteroatoms. The maximum Gasteiger partial charge on any atom is 0.277 e. The minimum atomic E-state index is -3.94. The topological polar surface area (TPSA) is 114 Å². The highest BCUT2D eigenvalue weighted by Crippen LogP contribution is 2.29. The molecule has 0 bridgehead atoms. The summed E-state index contributed by atoms with van der Waals surface area (Å²) in [5, 5.41) is 10.7. The van der Waals surface area contributed by atoms with Crippen molar-refractivity contribution in [3.8, 4) is 5.75 Å². The van der Waals surface area contributed by atoms with E-state index >= 15 is 0 Å². The number of benzene rings is 2. The maximum absolute atomic E-state index is 13.4. The molecule has 190 valence electrons. The smallest absolute Gasteiger partial charge is 0.277 e. The van der Waals surface area contributed by atoms with Gasteiger partial charge in [0.1, 0.15) is 11.9 Å². The molecule has 1 amide bonds. The van der Waals surface area contributed by atoms with Crippen molar-refractivity contribution in [2.45, 2.75) is 62.4 Å². The van der Waals surface area contributed by atoms with Crippen LogP contribution in [0.2, 0.25) is 0 Å². The van der Waals surface area contributed by atoms with Crippen LogP contribution in [-0.2, 0) is 24.4 Å². The Kier molecular flexibility index (Phi) is 8.40. The molecule has 2 saturated heterocycles. The molecule has 2 unspecified atom stereocenters. The van der Waals surface area contributed by atoms with Crippen LogP contribution in [-0.4, -0.2) is 55.8 Å². The van der Waals surface area contributed by atoms with Crippen molar-refractivity contribution in [2.75, 3.05) is 19.7 Å². The zero-order valence-electron chi connectivity index (χ0n) is 19.8. The van der Waals surface area contributed by atoms with Gasteiger partial charge >= 0.3 is 0 Å². The van der Waals surface area contributed by atoms with E-state index in [-0.39, 0.29) is 29.7 Å². The highest BCUT2D eigenvalue weighted by Gasteiger charge is 2.34. The van der Waals surface area contributed by atoms with E-state index in [1.165, 1.54) is 16.4 Å². The number of sulfonamides is 1. The molecule has 2 aromatic rings. The van der Waals surface area contributed by atoms with E-state index in [4.69, 9.17) is 14.3 Å². The monoisotopic (exact) mass is 504 g/mol. The number of amides is 1. The first-order valence-corrected chi connectivity index (χ1v) is 13.4. The van der Waals surface area contributed by atoms with Gasteiger partial charge in [0.25, 0.3) is 5.91 Å². The summed E-state index contributed by atoms with van der Waals surface area (Å²) in [4.78, 5) is 17.7. The van der Waals surface area contributed by atoms with Crippen LogP contribution < -0.4 is 10.2 Å². The number of carbonyl (C=O) groups excluding carboxylic acids is 1. The zero-order chi connectivity index (χ0) is 24.8. The largest absolute Gasteiger partial charge is 0.490 e. The van der Waals surface area contributed by atoms with Gasteiger partial charge in [-0.2, -0.15) is 4.31 Å². The number of carbonyl (C=O) groups is 1. The number of aryl methyl sites for hydroxylation is 1. The molecule has 2 atom stereocenters. The predicted molar refractivity (Wildman–Crippen MR) is 128 cm³/mol. The standard InChI is InChI=1S/C25H32N2O7S/c1-18-9-11-19(12-10-18)33-20-13-15-27(16-14-20)35(30,31)22-7-3-2-6-21(22)24(28)25(29)26-34-23-8-4-5-17-32-23/h2-3,6-7,9-12,20,23-24,28H,4-5,8,13-17H2,1H3,(H,26,29). The van der Waals surface area contributed by atoms with E-state index in [9.17, 15) is 18.3 Å². The second-order valence-corrected chi connectivity index (χ2v) is 10.8. The fourth-order valence-corrected chi connectivity index (χ4v) is 5.90. The van der Waals surface area contributed by atoms with Gasteiger partial charge in [0.05, 0.1) is 4.90 Å². The van der Waals surface area contributed by atoms with Crippen LogP contribution in [0.3, 0.4) is 0 Å². The normalized spacial score (nSPS) is 20.8. The second-order valence-electron chi connectivity index (χ2n) is 8.86. The van der Waals surface area contributed by atoms with Gasteiger partial charge in [-0.1, -0.05) is 35.9 Å². The molecule has 0 radical (unpaired) electrons. The first-order valence-electron chi connectivity index (χ1n) is 11.9. The van der Waals surface area contributed by atoms with Gasteiger partial charge in [0.15, 0.2) is 12.4 Å². The fraction of sp³-hybridized carbons (Fsp3) is 0.480. The first-order chi connectivity index (χ1) is 16.8. The number of hydrogen-bond donors (Lipinski definition) is 2. The number of nitrogens with zero attached hydrogens (tertiary/aromatic N) is 1. The molecule has 4 rings (SSSR count). The van der Waals surface area contributed by atoms with Crippen molar-refractivity contribution in [3.63, 3.8) is 0 Å². The van der Waals surface area contributed by atoms with Crippen molar-refractivity contribution in [2.24, 2.45) is 0 Å². The average molecular weight is 505 g/mol. The third kappa shape index (κ3) is 6.39. The van der Waals surface area contributed by atoms with E-state index in [1.807, 2.05) is 31.2 Å². The molecule has 0 saturated carbocycles. The van der Waals surface area contributed by atoms with Crippen molar-refractivity contribution in [1.29, 1.82) is 0 Å². The Morgan fingerprint density at radius 1 is 1.09 bits per heavy atom. The van der Waals surface area contributed by atoms with Crippen molar-refractivity contribution >= 4 is 15.9 Å².